The zero-order valence-electron chi connectivity index (χ0n) is 9.86. The van der Waals surface area contributed by atoms with Gasteiger partial charge in [0, 0.05) is 12.1 Å². The van der Waals surface area contributed by atoms with Gasteiger partial charge in [0.2, 0.25) is 5.91 Å². The van der Waals surface area contributed by atoms with Gasteiger partial charge in [-0.25, -0.2) is 0 Å². The first-order valence-electron chi connectivity index (χ1n) is 5.90. The van der Waals surface area contributed by atoms with E-state index in [0.717, 1.165) is 36.0 Å². The minimum absolute atomic E-state index is 0.0568. The highest BCUT2D eigenvalue weighted by Crippen LogP contribution is 2.15. The van der Waals surface area contributed by atoms with Gasteiger partial charge in [0.25, 0.3) is 0 Å². The molecule has 0 aliphatic carbocycles. The van der Waals surface area contributed by atoms with Crippen LogP contribution in [0.25, 0.3) is 11.0 Å². The number of nitrogens with one attached hydrogen (secondary N) is 2. The van der Waals surface area contributed by atoms with E-state index in [0.29, 0.717) is 6.42 Å². The number of carbonyl (C=O) groups excluding carboxylic acids is 1. The average Bonchev–Trinajstić information content (AvgIpc) is 2.76. The van der Waals surface area contributed by atoms with Crippen LogP contribution in [-0.4, -0.2) is 21.3 Å². The number of fused-ring (bicyclic) bond motifs is 1. The third kappa shape index (κ3) is 3.03. The third-order valence-corrected chi connectivity index (χ3v) is 2.62. The Morgan fingerprint density at radius 1 is 1.41 bits per heavy atom. The minimum atomic E-state index is 0.0568. The molecule has 2 rings (SSSR count). The van der Waals surface area contributed by atoms with Crippen LogP contribution in [-0.2, 0) is 4.79 Å². The van der Waals surface area contributed by atoms with Crippen molar-refractivity contribution in [2.75, 3.05) is 5.32 Å². The lowest BCUT2D eigenvalue weighted by atomic mass is 10.2. The number of amides is 1. The molecule has 0 aliphatic rings. The van der Waals surface area contributed by atoms with E-state index in [4.69, 9.17) is 0 Å². The maximum atomic E-state index is 11.6. The summed E-state index contributed by atoms with van der Waals surface area (Å²) in [7, 11) is 0. The van der Waals surface area contributed by atoms with Gasteiger partial charge in [-0.2, -0.15) is 0 Å². The van der Waals surface area contributed by atoms with E-state index in [1.165, 1.54) is 0 Å². The molecule has 0 bridgehead atoms. The Balaban J connectivity index is 1.95. The second kappa shape index (κ2) is 5.43. The van der Waals surface area contributed by atoms with Crippen molar-refractivity contribution in [2.45, 2.75) is 32.6 Å². The maximum Gasteiger partial charge on any atom is 0.224 e. The highest BCUT2D eigenvalue weighted by molar-refractivity contribution is 5.92. The van der Waals surface area contributed by atoms with Crippen LogP contribution < -0.4 is 5.32 Å². The summed E-state index contributed by atoms with van der Waals surface area (Å²) in [5, 5.41) is 13.2. The minimum Gasteiger partial charge on any atom is -0.326 e. The summed E-state index contributed by atoms with van der Waals surface area (Å²) in [6.07, 6.45) is 3.73. The molecule has 0 aliphatic heterocycles. The van der Waals surface area contributed by atoms with Gasteiger partial charge in [-0.15, -0.1) is 5.10 Å². The Morgan fingerprint density at radius 2 is 2.29 bits per heavy atom. The number of hydrogen-bond acceptors (Lipinski definition) is 3. The van der Waals surface area contributed by atoms with Gasteiger partial charge in [-0.05, 0) is 24.6 Å². The Bertz CT molecular complexity index is 506. The quantitative estimate of drug-likeness (QED) is 0.778. The summed E-state index contributed by atoms with van der Waals surface area (Å²) in [6.45, 7) is 2.12. The molecule has 2 aromatic rings. The molecule has 2 N–H and O–H groups in total. The van der Waals surface area contributed by atoms with Gasteiger partial charge in [-0.3, -0.25) is 9.89 Å². The lowest BCUT2D eigenvalue weighted by molar-refractivity contribution is -0.116. The molecule has 0 saturated carbocycles. The van der Waals surface area contributed by atoms with E-state index in [-0.39, 0.29) is 5.91 Å². The second-order valence-corrected chi connectivity index (χ2v) is 4.05. The summed E-state index contributed by atoms with van der Waals surface area (Å²) in [6, 6.07) is 5.52. The largest absolute Gasteiger partial charge is 0.326 e. The molecule has 0 radical (unpaired) electrons. The van der Waals surface area contributed by atoms with Gasteiger partial charge >= 0.3 is 0 Å². The molecule has 5 heteroatoms. The van der Waals surface area contributed by atoms with Crippen LogP contribution in [0.3, 0.4) is 0 Å². The zero-order chi connectivity index (χ0) is 12.1. The van der Waals surface area contributed by atoms with Crippen LogP contribution in [0.5, 0.6) is 0 Å². The number of aromatic nitrogens is 3. The van der Waals surface area contributed by atoms with Crippen LogP contribution in [0.2, 0.25) is 0 Å². The predicted octanol–water partition coefficient (Wildman–Crippen LogP) is 2.48. The summed E-state index contributed by atoms with van der Waals surface area (Å²) in [5.41, 5.74) is 2.40. The van der Waals surface area contributed by atoms with Crippen molar-refractivity contribution in [3.05, 3.63) is 18.2 Å². The molecule has 1 heterocycles. The van der Waals surface area contributed by atoms with Crippen LogP contribution >= 0.6 is 0 Å². The van der Waals surface area contributed by atoms with Crippen molar-refractivity contribution in [3.63, 3.8) is 0 Å². The fraction of sp³-hybridized carbons (Fsp3) is 0.417. The van der Waals surface area contributed by atoms with Crippen molar-refractivity contribution in [2.24, 2.45) is 0 Å². The monoisotopic (exact) mass is 232 g/mol. The van der Waals surface area contributed by atoms with Gasteiger partial charge in [0.05, 0.1) is 5.52 Å². The number of anilines is 1. The molecule has 17 heavy (non-hydrogen) atoms. The van der Waals surface area contributed by atoms with Crippen molar-refractivity contribution < 1.29 is 4.79 Å². The topological polar surface area (TPSA) is 70.7 Å². The molecule has 1 aromatic carbocycles. The number of nitrogens with zero attached hydrogens (tertiary/aromatic N) is 2. The summed E-state index contributed by atoms with van der Waals surface area (Å²) in [4.78, 5) is 11.6. The third-order valence-electron chi connectivity index (χ3n) is 2.62. The van der Waals surface area contributed by atoms with Crippen LogP contribution in [0.15, 0.2) is 18.2 Å². The van der Waals surface area contributed by atoms with Crippen molar-refractivity contribution in [1.82, 2.24) is 15.4 Å². The summed E-state index contributed by atoms with van der Waals surface area (Å²) in [5.74, 6) is 0.0568. The smallest absolute Gasteiger partial charge is 0.224 e. The van der Waals surface area contributed by atoms with E-state index >= 15 is 0 Å². The summed E-state index contributed by atoms with van der Waals surface area (Å²) >= 11 is 0. The van der Waals surface area contributed by atoms with Crippen LogP contribution in [0, 0.1) is 0 Å². The molecule has 0 fully saturated rings. The molecular weight excluding hydrogens is 216 g/mol. The Hall–Kier alpha value is -1.91. The van der Waals surface area contributed by atoms with E-state index in [2.05, 4.69) is 27.7 Å². The summed E-state index contributed by atoms with van der Waals surface area (Å²) < 4.78 is 0. The SMILES string of the molecule is CCCCCC(=O)Nc1ccc2[nH]nnc2c1. The average molecular weight is 232 g/mol. The van der Waals surface area contributed by atoms with E-state index in [1.807, 2.05) is 18.2 Å². The van der Waals surface area contributed by atoms with Crippen molar-refractivity contribution in [3.8, 4) is 0 Å². The molecule has 0 spiro atoms. The first-order chi connectivity index (χ1) is 8.29. The van der Waals surface area contributed by atoms with Crippen LogP contribution in [0.4, 0.5) is 5.69 Å². The number of H-pyrrole nitrogens is 1. The van der Waals surface area contributed by atoms with E-state index < -0.39 is 0 Å². The van der Waals surface area contributed by atoms with E-state index in [1.54, 1.807) is 0 Å². The highest BCUT2D eigenvalue weighted by Gasteiger charge is 2.04. The molecule has 1 aromatic heterocycles. The Labute approximate surface area is 99.6 Å². The molecule has 0 atom stereocenters. The van der Waals surface area contributed by atoms with Crippen molar-refractivity contribution >= 4 is 22.6 Å². The molecule has 0 saturated heterocycles. The standard InChI is InChI=1S/C12H16N4O/c1-2-3-4-5-12(17)13-9-6-7-10-11(8-9)15-16-14-10/h6-8H,2-5H2,1H3,(H,13,17)(H,14,15,16). The molecule has 5 nitrogen and oxygen atoms in total. The highest BCUT2D eigenvalue weighted by atomic mass is 16.1. The number of carbonyl (C=O) groups is 1. The number of rotatable bonds is 5. The fourth-order valence-electron chi connectivity index (χ4n) is 1.68. The normalized spacial score (nSPS) is 10.6. The van der Waals surface area contributed by atoms with Gasteiger partial charge < -0.3 is 5.32 Å². The molecule has 0 unspecified atom stereocenters. The molecular formula is C12H16N4O. The predicted molar refractivity (Wildman–Crippen MR) is 66.7 cm³/mol. The molecule has 90 valence electrons. The number of benzene rings is 1. The number of hydrogen-bond donors (Lipinski definition) is 2. The number of unbranched alkanes of at least 4 members (excludes halogenated alkanes) is 2. The number of aromatic amines is 1. The van der Waals surface area contributed by atoms with Gasteiger partial charge in [0.15, 0.2) is 0 Å². The van der Waals surface area contributed by atoms with Gasteiger partial charge in [0.1, 0.15) is 5.52 Å². The second-order valence-electron chi connectivity index (χ2n) is 4.05. The lowest BCUT2D eigenvalue weighted by Gasteiger charge is -2.04. The fourth-order valence-corrected chi connectivity index (χ4v) is 1.68. The lowest BCUT2D eigenvalue weighted by Crippen LogP contribution is -2.10. The Morgan fingerprint density at radius 3 is 3.12 bits per heavy atom. The van der Waals surface area contributed by atoms with Crippen molar-refractivity contribution in [1.29, 1.82) is 0 Å². The first kappa shape index (κ1) is 11.6. The van der Waals surface area contributed by atoms with Gasteiger partial charge in [-0.1, -0.05) is 25.0 Å². The zero-order valence-corrected chi connectivity index (χ0v) is 9.86. The van der Waals surface area contributed by atoms with E-state index in [9.17, 15) is 4.79 Å². The maximum absolute atomic E-state index is 11.6. The first-order valence-corrected chi connectivity index (χ1v) is 5.90. The van der Waals surface area contributed by atoms with Crippen LogP contribution in [0.1, 0.15) is 32.6 Å². The molecule has 1 amide bonds. The Kier molecular flexibility index (Phi) is 3.69.